The Morgan fingerprint density at radius 1 is 0.960 bits per heavy atom. The van der Waals surface area contributed by atoms with E-state index in [1.54, 1.807) is 0 Å². The van der Waals surface area contributed by atoms with Crippen LogP contribution in [0.4, 0.5) is 5.69 Å². The highest BCUT2D eigenvalue weighted by molar-refractivity contribution is 5.94. The van der Waals surface area contributed by atoms with Crippen molar-refractivity contribution >= 4 is 17.5 Å². The predicted molar refractivity (Wildman–Crippen MR) is 102 cm³/mol. The zero-order valence-corrected chi connectivity index (χ0v) is 15.3. The van der Waals surface area contributed by atoms with E-state index in [2.05, 4.69) is 31.4 Å². The van der Waals surface area contributed by atoms with E-state index in [9.17, 15) is 9.59 Å². The van der Waals surface area contributed by atoms with Gasteiger partial charge < -0.3 is 10.6 Å². The number of anilines is 1. The fourth-order valence-corrected chi connectivity index (χ4v) is 2.51. The fraction of sp³-hybridized carbons (Fsp3) is 0.333. The SMILES string of the molecule is Cc1cccc(CC(=O)NCC(=O)Nc2ccc(C(C)(C)C)cc2)c1. The van der Waals surface area contributed by atoms with E-state index in [4.69, 9.17) is 0 Å². The summed E-state index contributed by atoms with van der Waals surface area (Å²) in [6.45, 7) is 8.38. The summed E-state index contributed by atoms with van der Waals surface area (Å²) in [6.07, 6.45) is 0.273. The van der Waals surface area contributed by atoms with Crippen molar-refractivity contribution in [2.24, 2.45) is 0 Å². The molecule has 2 aromatic rings. The number of rotatable bonds is 5. The minimum absolute atomic E-state index is 0.0360. The lowest BCUT2D eigenvalue weighted by molar-refractivity contribution is -0.123. The van der Waals surface area contributed by atoms with Crippen LogP contribution in [0.1, 0.15) is 37.5 Å². The number of hydrogen-bond acceptors (Lipinski definition) is 2. The molecule has 0 saturated carbocycles. The van der Waals surface area contributed by atoms with E-state index in [1.807, 2.05) is 55.5 Å². The second kappa shape index (κ2) is 7.97. The molecule has 0 heterocycles. The molecule has 132 valence electrons. The molecular formula is C21H26N2O2. The normalized spacial score (nSPS) is 11.0. The minimum atomic E-state index is -0.235. The Hall–Kier alpha value is -2.62. The Labute approximate surface area is 149 Å². The summed E-state index contributed by atoms with van der Waals surface area (Å²) in [5.74, 6) is -0.398. The second-order valence-corrected chi connectivity index (χ2v) is 7.32. The molecule has 0 aliphatic carbocycles. The standard InChI is InChI=1S/C21H26N2O2/c1-15-6-5-7-16(12-15)13-19(24)22-14-20(25)23-18-10-8-17(9-11-18)21(2,3)4/h5-12H,13-14H2,1-4H3,(H,22,24)(H,23,25). The predicted octanol–water partition coefficient (Wildman–Crippen LogP) is 3.59. The van der Waals surface area contributed by atoms with Crippen LogP contribution in [0.25, 0.3) is 0 Å². The highest BCUT2D eigenvalue weighted by Crippen LogP contribution is 2.23. The first-order valence-electron chi connectivity index (χ1n) is 8.47. The molecule has 0 atom stereocenters. The Kier molecular flexibility index (Phi) is 5.97. The van der Waals surface area contributed by atoms with Gasteiger partial charge in [-0.25, -0.2) is 0 Å². The zero-order valence-electron chi connectivity index (χ0n) is 15.3. The maximum Gasteiger partial charge on any atom is 0.243 e. The van der Waals surface area contributed by atoms with Crippen LogP contribution in [-0.2, 0) is 21.4 Å². The van der Waals surface area contributed by atoms with Crippen LogP contribution in [-0.4, -0.2) is 18.4 Å². The van der Waals surface area contributed by atoms with Crippen LogP contribution in [0.3, 0.4) is 0 Å². The fourth-order valence-electron chi connectivity index (χ4n) is 2.51. The smallest absolute Gasteiger partial charge is 0.243 e. The largest absolute Gasteiger partial charge is 0.347 e. The van der Waals surface area contributed by atoms with Crippen LogP contribution < -0.4 is 10.6 Å². The summed E-state index contributed by atoms with van der Waals surface area (Å²) < 4.78 is 0. The molecule has 25 heavy (non-hydrogen) atoms. The molecule has 0 radical (unpaired) electrons. The van der Waals surface area contributed by atoms with E-state index in [0.717, 1.165) is 16.8 Å². The molecule has 0 bridgehead atoms. The van der Waals surface area contributed by atoms with Gasteiger partial charge >= 0.3 is 0 Å². The third-order valence-corrected chi connectivity index (χ3v) is 3.93. The van der Waals surface area contributed by atoms with E-state index < -0.39 is 0 Å². The van der Waals surface area contributed by atoms with Crippen molar-refractivity contribution in [3.8, 4) is 0 Å². The first-order valence-corrected chi connectivity index (χ1v) is 8.47. The third-order valence-electron chi connectivity index (χ3n) is 3.93. The molecule has 2 N–H and O–H groups in total. The molecular weight excluding hydrogens is 312 g/mol. The highest BCUT2D eigenvalue weighted by atomic mass is 16.2. The molecule has 0 unspecified atom stereocenters. The Bertz CT molecular complexity index is 743. The number of nitrogens with one attached hydrogen (secondary N) is 2. The summed E-state index contributed by atoms with van der Waals surface area (Å²) in [6, 6.07) is 15.6. The Morgan fingerprint density at radius 3 is 2.24 bits per heavy atom. The number of carbonyl (C=O) groups excluding carboxylic acids is 2. The van der Waals surface area contributed by atoms with Gasteiger partial charge in [-0.1, -0.05) is 62.7 Å². The number of carbonyl (C=O) groups is 2. The number of aryl methyl sites for hydroxylation is 1. The molecule has 4 heteroatoms. The number of amides is 2. The van der Waals surface area contributed by atoms with Gasteiger partial charge in [-0.15, -0.1) is 0 Å². The third kappa shape index (κ3) is 6.07. The second-order valence-electron chi connectivity index (χ2n) is 7.32. The molecule has 2 amide bonds. The van der Waals surface area contributed by atoms with Crippen LogP contribution in [0.2, 0.25) is 0 Å². The molecule has 0 aliphatic rings. The quantitative estimate of drug-likeness (QED) is 0.875. The Morgan fingerprint density at radius 2 is 1.64 bits per heavy atom. The minimum Gasteiger partial charge on any atom is -0.347 e. The average Bonchev–Trinajstić information content (AvgIpc) is 2.53. The van der Waals surface area contributed by atoms with Crippen molar-refractivity contribution in [1.82, 2.24) is 5.32 Å². The lowest BCUT2D eigenvalue weighted by atomic mass is 9.87. The summed E-state index contributed by atoms with van der Waals surface area (Å²) in [5, 5.41) is 5.45. The summed E-state index contributed by atoms with van der Waals surface area (Å²) in [4.78, 5) is 23.9. The van der Waals surface area contributed by atoms with Crippen molar-refractivity contribution in [2.45, 2.75) is 39.5 Å². The van der Waals surface area contributed by atoms with Crippen molar-refractivity contribution in [2.75, 3.05) is 11.9 Å². The topological polar surface area (TPSA) is 58.2 Å². The summed E-state index contributed by atoms with van der Waals surface area (Å²) >= 11 is 0. The van der Waals surface area contributed by atoms with Crippen molar-refractivity contribution < 1.29 is 9.59 Å². The van der Waals surface area contributed by atoms with Gasteiger partial charge in [-0.2, -0.15) is 0 Å². The first-order chi connectivity index (χ1) is 11.7. The van der Waals surface area contributed by atoms with Gasteiger partial charge in [0.1, 0.15) is 0 Å². The summed E-state index contributed by atoms with van der Waals surface area (Å²) in [7, 11) is 0. The maximum atomic E-state index is 12.0. The van der Waals surface area contributed by atoms with Gasteiger partial charge in [0.15, 0.2) is 0 Å². The van der Waals surface area contributed by atoms with Gasteiger partial charge in [-0.3, -0.25) is 9.59 Å². The lowest BCUT2D eigenvalue weighted by Crippen LogP contribution is -2.33. The number of hydrogen-bond donors (Lipinski definition) is 2. The summed E-state index contributed by atoms with van der Waals surface area (Å²) in [5.41, 5.74) is 4.06. The molecule has 0 fully saturated rings. The van der Waals surface area contributed by atoms with E-state index in [1.165, 1.54) is 5.56 Å². The average molecular weight is 338 g/mol. The van der Waals surface area contributed by atoms with Crippen molar-refractivity contribution in [1.29, 1.82) is 0 Å². The first kappa shape index (κ1) is 18.7. The highest BCUT2D eigenvalue weighted by Gasteiger charge is 2.13. The molecule has 4 nitrogen and oxygen atoms in total. The lowest BCUT2D eigenvalue weighted by Gasteiger charge is -2.19. The molecule has 2 rings (SSSR count). The van der Waals surface area contributed by atoms with Crippen molar-refractivity contribution in [3.63, 3.8) is 0 Å². The van der Waals surface area contributed by atoms with Gasteiger partial charge in [0.2, 0.25) is 11.8 Å². The van der Waals surface area contributed by atoms with E-state index in [-0.39, 0.29) is 30.2 Å². The van der Waals surface area contributed by atoms with Gasteiger partial charge in [-0.05, 0) is 35.6 Å². The monoisotopic (exact) mass is 338 g/mol. The van der Waals surface area contributed by atoms with Crippen LogP contribution in [0.15, 0.2) is 48.5 Å². The molecule has 2 aromatic carbocycles. The van der Waals surface area contributed by atoms with E-state index >= 15 is 0 Å². The zero-order chi connectivity index (χ0) is 18.4. The van der Waals surface area contributed by atoms with Gasteiger partial charge in [0.05, 0.1) is 13.0 Å². The van der Waals surface area contributed by atoms with Crippen LogP contribution in [0, 0.1) is 6.92 Å². The van der Waals surface area contributed by atoms with Crippen LogP contribution >= 0.6 is 0 Å². The molecule has 0 aliphatic heterocycles. The Balaban J connectivity index is 1.81. The van der Waals surface area contributed by atoms with Gasteiger partial charge in [0.25, 0.3) is 0 Å². The molecule has 0 saturated heterocycles. The van der Waals surface area contributed by atoms with E-state index in [0.29, 0.717) is 0 Å². The number of benzene rings is 2. The molecule has 0 aromatic heterocycles. The van der Waals surface area contributed by atoms with Crippen molar-refractivity contribution in [3.05, 3.63) is 65.2 Å². The maximum absolute atomic E-state index is 12.0. The van der Waals surface area contributed by atoms with Crippen LogP contribution in [0.5, 0.6) is 0 Å². The molecule has 0 spiro atoms. The van der Waals surface area contributed by atoms with Gasteiger partial charge in [0, 0.05) is 5.69 Å².